The average molecular weight is 206 g/mol. The Morgan fingerprint density at radius 2 is 2.07 bits per heavy atom. The summed E-state index contributed by atoms with van der Waals surface area (Å²) in [6.45, 7) is 5.89. The number of benzene rings is 1. The van der Waals surface area contributed by atoms with Gasteiger partial charge in [-0.05, 0) is 18.6 Å². The van der Waals surface area contributed by atoms with Gasteiger partial charge in [-0.25, -0.2) is 0 Å². The van der Waals surface area contributed by atoms with E-state index in [1.165, 1.54) is 0 Å². The number of aromatic nitrogens is 2. The Balaban J connectivity index is 0.000000461. The minimum absolute atomic E-state index is 0.671. The third-order valence-electron chi connectivity index (χ3n) is 1.99. The van der Waals surface area contributed by atoms with Crippen molar-refractivity contribution < 1.29 is 0 Å². The summed E-state index contributed by atoms with van der Waals surface area (Å²) < 4.78 is 0. The quantitative estimate of drug-likeness (QED) is 0.659. The molecule has 0 aliphatic carbocycles. The smallest absolute Gasteiger partial charge is 0.115 e. The number of fused-ring (bicyclic) bond motifs is 1. The van der Waals surface area contributed by atoms with Crippen LogP contribution in [0.1, 0.15) is 19.4 Å². The lowest BCUT2D eigenvalue weighted by Crippen LogP contribution is -2.08. The number of aromatic amines is 1. The topological polar surface area (TPSA) is 28.7 Å². The van der Waals surface area contributed by atoms with Crippen molar-refractivity contribution in [1.82, 2.24) is 10.2 Å². The summed E-state index contributed by atoms with van der Waals surface area (Å²) in [5.41, 5.74) is 2.49. The molecule has 0 saturated carbocycles. The van der Waals surface area contributed by atoms with Crippen molar-refractivity contribution in [3.8, 4) is 0 Å². The number of halogens is 1. The van der Waals surface area contributed by atoms with Crippen molar-refractivity contribution >= 4 is 35.8 Å². The lowest BCUT2D eigenvalue weighted by atomic mass is 9.88. The standard InChI is InChI=1S/C8H6BClN2.C2H6/c1-4-6(10)2-7-5(8(4)9)3-11-12-7;1-2/h2-3H,1H3,(H,11,12);1-2H3. The molecule has 1 heterocycles. The van der Waals surface area contributed by atoms with Gasteiger partial charge in [-0.3, -0.25) is 5.10 Å². The highest BCUT2D eigenvalue weighted by atomic mass is 35.5. The van der Waals surface area contributed by atoms with Gasteiger partial charge < -0.3 is 0 Å². The number of hydrogen-bond donors (Lipinski definition) is 1. The molecule has 0 unspecified atom stereocenters. The van der Waals surface area contributed by atoms with Crippen LogP contribution in [0.15, 0.2) is 12.3 Å². The molecule has 2 aromatic rings. The van der Waals surface area contributed by atoms with Crippen molar-refractivity contribution in [2.24, 2.45) is 0 Å². The predicted molar refractivity (Wildman–Crippen MR) is 62.6 cm³/mol. The van der Waals surface area contributed by atoms with Gasteiger partial charge in [0.1, 0.15) is 7.85 Å². The minimum atomic E-state index is 0.671. The number of nitrogens with zero attached hydrogens (tertiary/aromatic N) is 1. The van der Waals surface area contributed by atoms with Crippen LogP contribution in [0.4, 0.5) is 0 Å². The fourth-order valence-electron chi connectivity index (χ4n) is 1.19. The molecule has 2 nitrogen and oxygen atoms in total. The zero-order valence-electron chi connectivity index (χ0n) is 8.56. The van der Waals surface area contributed by atoms with Crippen LogP contribution in [0, 0.1) is 6.92 Å². The molecule has 0 saturated heterocycles. The maximum Gasteiger partial charge on any atom is 0.115 e. The minimum Gasteiger partial charge on any atom is -0.278 e. The molecule has 2 radical (unpaired) electrons. The van der Waals surface area contributed by atoms with E-state index in [9.17, 15) is 0 Å². The molecular formula is C10H12BClN2. The average Bonchev–Trinajstić information content (AvgIpc) is 2.65. The Labute approximate surface area is 90.1 Å². The predicted octanol–water partition coefficient (Wildman–Crippen LogP) is 2.34. The van der Waals surface area contributed by atoms with Crippen molar-refractivity contribution in [3.63, 3.8) is 0 Å². The van der Waals surface area contributed by atoms with Crippen molar-refractivity contribution in [2.75, 3.05) is 0 Å². The third kappa shape index (κ3) is 1.78. The lowest BCUT2D eigenvalue weighted by molar-refractivity contribution is 1.12. The van der Waals surface area contributed by atoms with Crippen molar-refractivity contribution in [2.45, 2.75) is 20.8 Å². The Bertz CT molecular complexity index is 437. The van der Waals surface area contributed by atoms with E-state index in [4.69, 9.17) is 19.4 Å². The largest absolute Gasteiger partial charge is 0.278 e. The van der Waals surface area contributed by atoms with E-state index in [0.29, 0.717) is 10.5 Å². The van der Waals surface area contributed by atoms with E-state index >= 15 is 0 Å². The van der Waals surface area contributed by atoms with Gasteiger partial charge in [-0.1, -0.05) is 30.9 Å². The molecule has 1 aromatic carbocycles. The fraction of sp³-hybridized carbons (Fsp3) is 0.300. The van der Waals surface area contributed by atoms with E-state index in [1.54, 1.807) is 6.20 Å². The Morgan fingerprint density at radius 1 is 1.43 bits per heavy atom. The van der Waals surface area contributed by atoms with Gasteiger partial charge in [-0.2, -0.15) is 5.10 Å². The summed E-state index contributed by atoms with van der Waals surface area (Å²) in [6, 6.07) is 1.83. The SMILES string of the molecule is CC.[B]c1c(C)c(Cl)cc2[nH]ncc12. The fourth-order valence-corrected chi connectivity index (χ4v) is 1.40. The summed E-state index contributed by atoms with van der Waals surface area (Å²) in [5.74, 6) is 0. The van der Waals surface area contributed by atoms with Crippen LogP contribution in [0.25, 0.3) is 10.9 Å². The first-order valence-corrected chi connectivity index (χ1v) is 4.95. The van der Waals surface area contributed by atoms with Gasteiger partial charge in [0.05, 0.1) is 11.7 Å². The van der Waals surface area contributed by atoms with Crippen LogP contribution in [0.3, 0.4) is 0 Å². The summed E-state index contributed by atoms with van der Waals surface area (Å²) >= 11 is 5.92. The molecule has 0 aliphatic rings. The molecule has 0 fully saturated rings. The Morgan fingerprint density at radius 3 is 2.71 bits per heavy atom. The normalized spacial score (nSPS) is 9.71. The summed E-state index contributed by atoms with van der Waals surface area (Å²) in [7, 11) is 5.82. The second kappa shape index (κ2) is 4.51. The van der Waals surface area contributed by atoms with Crippen LogP contribution in [-0.4, -0.2) is 18.0 Å². The molecule has 72 valence electrons. The number of hydrogen-bond acceptors (Lipinski definition) is 1. The first-order chi connectivity index (χ1) is 6.70. The van der Waals surface area contributed by atoms with Crippen LogP contribution < -0.4 is 5.46 Å². The summed E-state index contributed by atoms with van der Waals surface area (Å²) in [6.07, 6.45) is 1.70. The maximum absolute atomic E-state index is 5.92. The van der Waals surface area contributed by atoms with Gasteiger partial charge in [0.15, 0.2) is 0 Å². The molecule has 0 spiro atoms. The second-order valence-electron chi connectivity index (χ2n) is 2.73. The highest BCUT2D eigenvalue weighted by Gasteiger charge is 2.05. The van der Waals surface area contributed by atoms with Crippen LogP contribution in [0.5, 0.6) is 0 Å². The van der Waals surface area contributed by atoms with Gasteiger partial charge in [0.2, 0.25) is 0 Å². The molecule has 2 rings (SSSR count). The second-order valence-corrected chi connectivity index (χ2v) is 3.14. The highest BCUT2D eigenvalue weighted by Crippen LogP contribution is 2.18. The van der Waals surface area contributed by atoms with E-state index < -0.39 is 0 Å². The third-order valence-corrected chi connectivity index (χ3v) is 2.38. The molecular weight excluding hydrogens is 194 g/mol. The zero-order chi connectivity index (χ0) is 10.7. The van der Waals surface area contributed by atoms with Crippen LogP contribution >= 0.6 is 11.6 Å². The van der Waals surface area contributed by atoms with Crippen LogP contribution in [-0.2, 0) is 0 Å². The number of H-pyrrole nitrogens is 1. The molecule has 1 N–H and O–H groups in total. The molecule has 4 heteroatoms. The molecule has 0 aliphatic heterocycles. The van der Waals surface area contributed by atoms with Crippen LogP contribution in [0.2, 0.25) is 5.02 Å². The van der Waals surface area contributed by atoms with Crippen molar-refractivity contribution in [3.05, 3.63) is 22.8 Å². The molecule has 0 bridgehead atoms. The van der Waals surface area contributed by atoms with E-state index in [-0.39, 0.29) is 0 Å². The number of rotatable bonds is 0. The summed E-state index contributed by atoms with van der Waals surface area (Å²) in [4.78, 5) is 0. The van der Waals surface area contributed by atoms with E-state index in [1.807, 2.05) is 26.8 Å². The highest BCUT2D eigenvalue weighted by molar-refractivity contribution is 6.42. The molecule has 1 aromatic heterocycles. The first-order valence-electron chi connectivity index (χ1n) is 4.58. The lowest BCUT2D eigenvalue weighted by Gasteiger charge is -2.03. The monoisotopic (exact) mass is 206 g/mol. The van der Waals surface area contributed by atoms with Gasteiger partial charge in [-0.15, -0.1) is 0 Å². The maximum atomic E-state index is 5.92. The van der Waals surface area contributed by atoms with Gasteiger partial charge >= 0.3 is 0 Å². The van der Waals surface area contributed by atoms with Gasteiger partial charge in [0, 0.05) is 10.4 Å². The van der Waals surface area contributed by atoms with Crippen molar-refractivity contribution in [1.29, 1.82) is 0 Å². The summed E-state index contributed by atoms with van der Waals surface area (Å²) in [5, 5.41) is 8.29. The zero-order valence-corrected chi connectivity index (χ0v) is 9.31. The van der Waals surface area contributed by atoms with Gasteiger partial charge in [0.25, 0.3) is 0 Å². The van der Waals surface area contributed by atoms with E-state index in [2.05, 4.69) is 10.2 Å². The first kappa shape index (κ1) is 11.1. The molecule has 0 atom stereocenters. The molecule has 0 amide bonds. The van der Waals surface area contributed by atoms with E-state index in [0.717, 1.165) is 16.5 Å². The molecule has 14 heavy (non-hydrogen) atoms. The Hall–Kier alpha value is -0.955. The Kier molecular flexibility index (Phi) is 3.58. The number of nitrogens with one attached hydrogen (secondary N) is 1.